The summed E-state index contributed by atoms with van der Waals surface area (Å²) in [5, 5.41) is 7.28. The average Bonchev–Trinajstić information content (AvgIpc) is 3.42. The molecule has 12 aromatic rings. The molecular formula is C66H46N2. The summed E-state index contributed by atoms with van der Waals surface area (Å²) in [6.07, 6.45) is 0. The molecule has 0 aliphatic heterocycles. The maximum absolute atomic E-state index is 2.42. The van der Waals surface area contributed by atoms with Gasteiger partial charge in [0, 0.05) is 33.9 Å². The second-order valence-electron chi connectivity index (χ2n) is 17.3. The van der Waals surface area contributed by atoms with Crippen molar-refractivity contribution in [1.82, 2.24) is 0 Å². The molecule has 2 nitrogen and oxygen atoms in total. The van der Waals surface area contributed by atoms with E-state index < -0.39 is 0 Å². The summed E-state index contributed by atoms with van der Waals surface area (Å²) in [5.74, 6) is 0. The molecule has 0 unspecified atom stereocenters. The van der Waals surface area contributed by atoms with Crippen LogP contribution in [0.3, 0.4) is 0 Å². The molecule has 0 N–H and O–H groups in total. The fourth-order valence-electron chi connectivity index (χ4n) is 9.94. The Balaban J connectivity index is 1.05. The van der Waals surface area contributed by atoms with Gasteiger partial charge < -0.3 is 9.80 Å². The minimum Gasteiger partial charge on any atom is -0.310 e. The molecular weight excluding hydrogens is 821 g/mol. The molecule has 0 radical (unpaired) electrons. The van der Waals surface area contributed by atoms with Gasteiger partial charge in [0.25, 0.3) is 0 Å². The number of rotatable bonds is 10. The van der Waals surface area contributed by atoms with Gasteiger partial charge in [-0.05, 0) is 138 Å². The van der Waals surface area contributed by atoms with Crippen molar-refractivity contribution in [2.24, 2.45) is 0 Å². The molecule has 0 saturated carbocycles. The van der Waals surface area contributed by atoms with Crippen molar-refractivity contribution in [3.63, 3.8) is 0 Å². The average molecular weight is 867 g/mol. The van der Waals surface area contributed by atoms with Crippen LogP contribution >= 0.6 is 0 Å². The van der Waals surface area contributed by atoms with Crippen LogP contribution in [0.2, 0.25) is 0 Å². The molecule has 0 aliphatic rings. The molecule has 0 fully saturated rings. The van der Waals surface area contributed by atoms with E-state index in [0.717, 1.165) is 67.2 Å². The topological polar surface area (TPSA) is 6.48 Å². The normalized spacial score (nSPS) is 11.2. The number of nitrogens with zero attached hydrogens (tertiary/aromatic N) is 2. The van der Waals surface area contributed by atoms with Gasteiger partial charge in [0.15, 0.2) is 0 Å². The van der Waals surface area contributed by atoms with E-state index in [-0.39, 0.29) is 0 Å². The molecule has 0 bridgehead atoms. The molecule has 12 rings (SSSR count). The lowest BCUT2D eigenvalue weighted by atomic mass is 9.93. The van der Waals surface area contributed by atoms with E-state index >= 15 is 0 Å². The number of hydrogen-bond acceptors (Lipinski definition) is 2. The van der Waals surface area contributed by atoms with Gasteiger partial charge in [-0.3, -0.25) is 0 Å². The molecule has 2 heteroatoms. The lowest BCUT2D eigenvalue weighted by molar-refractivity contribution is 1.28. The van der Waals surface area contributed by atoms with Crippen LogP contribution in [-0.4, -0.2) is 0 Å². The van der Waals surface area contributed by atoms with Gasteiger partial charge in [-0.1, -0.05) is 206 Å². The summed E-state index contributed by atoms with van der Waals surface area (Å²) in [6, 6.07) is 101. The van der Waals surface area contributed by atoms with Gasteiger partial charge in [-0.2, -0.15) is 0 Å². The highest BCUT2D eigenvalue weighted by molar-refractivity contribution is 6.05. The largest absolute Gasteiger partial charge is 0.310 e. The number of fused-ring (bicyclic) bond motifs is 3. The van der Waals surface area contributed by atoms with Crippen molar-refractivity contribution < 1.29 is 0 Å². The Labute approximate surface area is 397 Å². The van der Waals surface area contributed by atoms with Gasteiger partial charge in [0.2, 0.25) is 0 Å². The lowest BCUT2D eigenvalue weighted by Crippen LogP contribution is -2.12. The first-order valence-electron chi connectivity index (χ1n) is 23.3. The van der Waals surface area contributed by atoms with Crippen molar-refractivity contribution in [3.8, 4) is 44.5 Å². The quantitative estimate of drug-likeness (QED) is 0.135. The van der Waals surface area contributed by atoms with Crippen LogP contribution in [0.5, 0.6) is 0 Å². The van der Waals surface area contributed by atoms with E-state index in [1.807, 2.05) is 0 Å². The third-order valence-electron chi connectivity index (χ3n) is 13.2. The third kappa shape index (κ3) is 7.64. The fraction of sp³-hybridized carbons (Fsp3) is 0. The van der Waals surface area contributed by atoms with Crippen molar-refractivity contribution in [2.75, 3.05) is 9.80 Å². The monoisotopic (exact) mass is 866 g/mol. The Morgan fingerprint density at radius 2 is 0.500 bits per heavy atom. The Kier molecular flexibility index (Phi) is 10.6. The number of anilines is 6. The molecule has 0 atom stereocenters. The highest BCUT2D eigenvalue weighted by atomic mass is 15.2. The Bertz CT molecular complexity index is 3440. The van der Waals surface area contributed by atoms with Gasteiger partial charge >= 0.3 is 0 Å². The van der Waals surface area contributed by atoms with E-state index in [1.165, 1.54) is 43.8 Å². The molecule has 68 heavy (non-hydrogen) atoms. The molecule has 320 valence electrons. The Morgan fingerprint density at radius 3 is 0.897 bits per heavy atom. The van der Waals surface area contributed by atoms with Crippen LogP contribution in [0.15, 0.2) is 279 Å². The first kappa shape index (κ1) is 40.5. The number of hydrogen-bond donors (Lipinski definition) is 0. The zero-order valence-corrected chi connectivity index (χ0v) is 37.5. The first-order chi connectivity index (χ1) is 33.7. The second-order valence-corrected chi connectivity index (χ2v) is 17.3. The fourth-order valence-corrected chi connectivity index (χ4v) is 9.94. The minimum atomic E-state index is 1.08. The van der Waals surface area contributed by atoms with E-state index in [9.17, 15) is 0 Å². The van der Waals surface area contributed by atoms with Gasteiger partial charge in [-0.15, -0.1) is 0 Å². The van der Waals surface area contributed by atoms with Crippen LogP contribution in [0.4, 0.5) is 34.1 Å². The van der Waals surface area contributed by atoms with Crippen molar-refractivity contribution in [2.45, 2.75) is 0 Å². The molecule has 0 aliphatic carbocycles. The number of para-hydroxylation sites is 2. The van der Waals surface area contributed by atoms with E-state index in [1.54, 1.807) is 0 Å². The Morgan fingerprint density at radius 1 is 0.191 bits per heavy atom. The molecule has 0 aromatic heterocycles. The molecule has 12 aromatic carbocycles. The van der Waals surface area contributed by atoms with Crippen LogP contribution < -0.4 is 9.80 Å². The Hall–Kier alpha value is -8.98. The zero-order chi connectivity index (χ0) is 45.2. The van der Waals surface area contributed by atoms with E-state index in [2.05, 4.69) is 289 Å². The highest BCUT2D eigenvalue weighted by Gasteiger charge is 2.23. The standard InChI is InChI=1S/C66H46N2/c1-5-19-49(20-6-1)63-43-53-46-66(68(56-29-11-4-12-30-56)58-41-37-52(38-42-58)62-34-18-26-48-24-14-16-32-60(48)62)64(50-21-7-2-8-22-50)44-54(53)45-65(63)67(55-27-9-3-10-28-55)57-39-35-51(36-40-57)61-33-17-25-47-23-13-15-31-59(47)61/h1-46H. The van der Waals surface area contributed by atoms with Crippen LogP contribution in [0, 0.1) is 0 Å². The van der Waals surface area contributed by atoms with Crippen molar-refractivity contribution in [1.29, 1.82) is 0 Å². The van der Waals surface area contributed by atoms with Crippen LogP contribution in [-0.2, 0) is 0 Å². The summed E-state index contributed by atoms with van der Waals surface area (Å²) in [4.78, 5) is 4.83. The first-order valence-corrected chi connectivity index (χ1v) is 23.3. The summed E-state index contributed by atoms with van der Waals surface area (Å²) < 4.78 is 0. The minimum absolute atomic E-state index is 1.08. The zero-order valence-electron chi connectivity index (χ0n) is 37.5. The summed E-state index contributed by atoms with van der Waals surface area (Å²) in [5.41, 5.74) is 16.0. The van der Waals surface area contributed by atoms with E-state index in [0.29, 0.717) is 0 Å². The van der Waals surface area contributed by atoms with E-state index in [4.69, 9.17) is 0 Å². The van der Waals surface area contributed by atoms with Crippen molar-refractivity contribution in [3.05, 3.63) is 279 Å². The van der Waals surface area contributed by atoms with Crippen LogP contribution in [0.25, 0.3) is 76.8 Å². The lowest BCUT2D eigenvalue weighted by Gasteiger charge is -2.30. The maximum Gasteiger partial charge on any atom is 0.0546 e. The smallest absolute Gasteiger partial charge is 0.0546 e. The maximum atomic E-state index is 2.42. The van der Waals surface area contributed by atoms with Gasteiger partial charge in [0.05, 0.1) is 11.4 Å². The molecule has 0 heterocycles. The predicted molar refractivity (Wildman–Crippen MR) is 290 cm³/mol. The SMILES string of the molecule is c1ccc(-c2cc3cc(N(c4ccccc4)c4ccc(-c5cccc6ccccc56)cc4)c(-c4ccccc4)cc3cc2N(c2ccccc2)c2ccc(-c3cccc4ccccc34)cc2)cc1. The predicted octanol–water partition coefficient (Wildman–Crippen LogP) is 18.8. The summed E-state index contributed by atoms with van der Waals surface area (Å²) in [6.45, 7) is 0. The van der Waals surface area contributed by atoms with Gasteiger partial charge in [0.1, 0.15) is 0 Å². The second kappa shape index (κ2) is 17.8. The van der Waals surface area contributed by atoms with Crippen molar-refractivity contribution >= 4 is 66.4 Å². The highest BCUT2D eigenvalue weighted by Crippen LogP contribution is 2.48. The number of benzene rings is 12. The molecule has 0 spiro atoms. The third-order valence-corrected chi connectivity index (χ3v) is 13.2. The summed E-state index contributed by atoms with van der Waals surface area (Å²) >= 11 is 0. The summed E-state index contributed by atoms with van der Waals surface area (Å²) in [7, 11) is 0. The molecule has 0 amide bonds. The molecule has 0 saturated heterocycles. The van der Waals surface area contributed by atoms with Crippen LogP contribution in [0.1, 0.15) is 0 Å². The van der Waals surface area contributed by atoms with Gasteiger partial charge in [-0.25, -0.2) is 0 Å².